The van der Waals surface area contributed by atoms with Gasteiger partial charge >= 0.3 is 0 Å². The summed E-state index contributed by atoms with van der Waals surface area (Å²) >= 11 is 0. The molecule has 14 heavy (non-hydrogen) atoms. The maximum atomic E-state index is 2.39. The highest BCUT2D eigenvalue weighted by atomic mass is 14.5. The Labute approximate surface area is 86.3 Å². The van der Waals surface area contributed by atoms with E-state index in [1.54, 1.807) is 16.7 Å². The minimum Gasteiger partial charge on any atom is -0.0617 e. The number of aryl methyl sites for hydroxylation is 1. The van der Waals surface area contributed by atoms with Crippen LogP contribution >= 0.6 is 0 Å². The molecule has 0 saturated heterocycles. The summed E-state index contributed by atoms with van der Waals surface area (Å²) in [5, 5.41) is 0. The van der Waals surface area contributed by atoms with Gasteiger partial charge in [-0.25, -0.2) is 0 Å². The monoisotopic (exact) mass is 186 g/mol. The van der Waals surface area contributed by atoms with Crippen LogP contribution in [-0.2, 0) is 18.3 Å². The molecule has 0 heterocycles. The van der Waals surface area contributed by atoms with Crippen molar-refractivity contribution in [2.45, 2.75) is 50.9 Å². The summed E-state index contributed by atoms with van der Waals surface area (Å²) in [6, 6.07) is 6.97. The third-order valence-corrected chi connectivity index (χ3v) is 4.39. The van der Waals surface area contributed by atoms with Gasteiger partial charge in [0.2, 0.25) is 0 Å². The maximum absolute atomic E-state index is 2.39. The Kier molecular flexibility index (Phi) is 1.74. The van der Waals surface area contributed by atoms with Gasteiger partial charge in [-0.1, -0.05) is 31.5 Å². The van der Waals surface area contributed by atoms with Gasteiger partial charge < -0.3 is 0 Å². The second-order valence-corrected chi connectivity index (χ2v) is 4.93. The molecular weight excluding hydrogens is 168 g/mol. The average Bonchev–Trinajstić information content (AvgIpc) is 2.55. The van der Waals surface area contributed by atoms with Crippen LogP contribution in [0.3, 0.4) is 0 Å². The Bertz CT molecular complexity index is 358. The standard InChI is InChI=1S/C14H18/c1-2-11-5-3-6-13-12(11)7-10-14(13)8-4-9-14/h3,5-6H,2,4,7-10H2,1H3. The first-order valence-corrected chi connectivity index (χ1v) is 5.97. The third-order valence-electron chi connectivity index (χ3n) is 4.39. The van der Waals surface area contributed by atoms with Gasteiger partial charge in [0, 0.05) is 0 Å². The van der Waals surface area contributed by atoms with Crippen LogP contribution in [0.25, 0.3) is 0 Å². The molecule has 0 amide bonds. The molecule has 3 rings (SSSR count). The molecule has 0 aromatic heterocycles. The molecule has 0 heteroatoms. The van der Waals surface area contributed by atoms with Gasteiger partial charge in [0.05, 0.1) is 0 Å². The summed E-state index contributed by atoms with van der Waals surface area (Å²) in [6.45, 7) is 2.28. The third kappa shape index (κ3) is 0.945. The van der Waals surface area contributed by atoms with Crippen molar-refractivity contribution in [2.75, 3.05) is 0 Å². The number of rotatable bonds is 1. The molecule has 2 aliphatic rings. The normalized spacial score (nSPS) is 22.1. The Morgan fingerprint density at radius 1 is 1.21 bits per heavy atom. The fourth-order valence-corrected chi connectivity index (χ4v) is 3.38. The molecule has 0 bridgehead atoms. The van der Waals surface area contributed by atoms with Crippen molar-refractivity contribution in [3.05, 3.63) is 34.9 Å². The van der Waals surface area contributed by atoms with E-state index >= 15 is 0 Å². The van der Waals surface area contributed by atoms with Crippen molar-refractivity contribution < 1.29 is 0 Å². The van der Waals surface area contributed by atoms with Crippen LogP contribution in [0.5, 0.6) is 0 Å². The lowest BCUT2D eigenvalue weighted by atomic mass is 9.65. The summed E-state index contributed by atoms with van der Waals surface area (Å²) in [6.07, 6.45) is 8.34. The zero-order chi connectivity index (χ0) is 9.60. The van der Waals surface area contributed by atoms with Crippen LogP contribution in [0, 0.1) is 0 Å². The lowest BCUT2D eigenvalue weighted by Gasteiger charge is -2.39. The van der Waals surface area contributed by atoms with Gasteiger partial charge in [-0.15, -0.1) is 0 Å². The topological polar surface area (TPSA) is 0 Å². The highest BCUT2D eigenvalue weighted by Gasteiger charge is 2.43. The Morgan fingerprint density at radius 2 is 2.07 bits per heavy atom. The van der Waals surface area contributed by atoms with E-state index in [0.29, 0.717) is 5.41 Å². The quantitative estimate of drug-likeness (QED) is 0.628. The van der Waals surface area contributed by atoms with Crippen molar-refractivity contribution in [3.63, 3.8) is 0 Å². The molecule has 74 valence electrons. The number of benzene rings is 1. The van der Waals surface area contributed by atoms with Crippen LogP contribution in [0.2, 0.25) is 0 Å². The van der Waals surface area contributed by atoms with E-state index in [-0.39, 0.29) is 0 Å². The second kappa shape index (κ2) is 2.85. The molecule has 1 saturated carbocycles. The zero-order valence-electron chi connectivity index (χ0n) is 8.97. The lowest BCUT2D eigenvalue weighted by molar-refractivity contribution is 0.244. The zero-order valence-corrected chi connectivity index (χ0v) is 8.97. The van der Waals surface area contributed by atoms with Gasteiger partial charge in [-0.3, -0.25) is 0 Å². The van der Waals surface area contributed by atoms with Crippen LogP contribution in [0.15, 0.2) is 18.2 Å². The van der Waals surface area contributed by atoms with Crippen molar-refractivity contribution in [1.82, 2.24) is 0 Å². The second-order valence-electron chi connectivity index (χ2n) is 4.93. The molecule has 0 aliphatic heterocycles. The summed E-state index contributed by atoms with van der Waals surface area (Å²) in [5.74, 6) is 0. The van der Waals surface area contributed by atoms with E-state index in [9.17, 15) is 0 Å². The van der Waals surface area contributed by atoms with Crippen molar-refractivity contribution in [2.24, 2.45) is 0 Å². The van der Waals surface area contributed by atoms with Crippen molar-refractivity contribution in [3.8, 4) is 0 Å². The largest absolute Gasteiger partial charge is 0.0617 e. The Balaban J connectivity index is 2.11. The molecule has 2 aliphatic carbocycles. The van der Waals surface area contributed by atoms with Crippen LogP contribution < -0.4 is 0 Å². The predicted molar refractivity (Wildman–Crippen MR) is 59.7 cm³/mol. The molecule has 1 aromatic carbocycles. The van der Waals surface area contributed by atoms with Gasteiger partial charge in [-0.05, 0) is 54.2 Å². The van der Waals surface area contributed by atoms with Gasteiger partial charge in [0.1, 0.15) is 0 Å². The van der Waals surface area contributed by atoms with Gasteiger partial charge in [-0.2, -0.15) is 0 Å². The fraction of sp³-hybridized carbons (Fsp3) is 0.571. The minimum absolute atomic E-state index is 0.639. The molecule has 0 unspecified atom stereocenters. The van der Waals surface area contributed by atoms with Crippen molar-refractivity contribution >= 4 is 0 Å². The van der Waals surface area contributed by atoms with E-state index in [4.69, 9.17) is 0 Å². The SMILES string of the molecule is CCc1cccc2c1CCC21CCC1. The fourth-order valence-electron chi connectivity index (χ4n) is 3.38. The molecule has 0 N–H and O–H groups in total. The highest BCUT2D eigenvalue weighted by Crippen LogP contribution is 2.52. The summed E-state index contributed by atoms with van der Waals surface area (Å²) < 4.78 is 0. The molecule has 0 nitrogen and oxygen atoms in total. The maximum Gasteiger partial charge on any atom is -0.00410 e. The number of hydrogen-bond acceptors (Lipinski definition) is 0. The lowest BCUT2D eigenvalue weighted by Crippen LogP contribution is -2.31. The Morgan fingerprint density at radius 3 is 2.71 bits per heavy atom. The van der Waals surface area contributed by atoms with Crippen LogP contribution in [-0.4, -0.2) is 0 Å². The van der Waals surface area contributed by atoms with Gasteiger partial charge in [0.15, 0.2) is 0 Å². The predicted octanol–water partition coefficient (Wildman–Crippen LogP) is 3.62. The molecular formula is C14H18. The molecule has 1 spiro atoms. The summed E-state index contributed by atoms with van der Waals surface area (Å²) in [4.78, 5) is 0. The van der Waals surface area contributed by atoms with E-state index in [1.165, 1.54) is 38.5 Å². The van der Waals surface area contributed by atoms with Crippen LogP contribution in [0.1, 0.15) is 49.3 Å². The highest BCUT2D eigenvalue weighted by molar-refractivity contribution is 5.45. The van der Waals surface area contributed by atoms with Crippen molar-refractivity contribution in [1.29, 1.82) is 0 Å². The Hall–Kier alpha value is -0.780. The number of fused-ring (bicyclic) bond motifs is 2. The molecule has 0 radical (unpaired) electrons. The average molecular weight is 186 g/mol. The first kappa shape index (κ1) is 8.52. The molecule has 1 fully saturated rings. The molecule has 1 aromatic rings. The van der Waals surface area contributed by atoms with E-state index in [0.717, 1.165) is 0 Å². The first-order valence-electron chi connectivity index (χ1n) is 5.97. The first-order chi connectivity index (χ1) is 6.86. The van der Waals surface area contributed by atoms with Gasteiger partial charge in [0.25, 0.3) is 0 Å². The van der Waals surface area contributed by atoms with E-state index in [2.05, 4.69) is 25.1 Å². The van der Waals surface area contributed by atoms with Crippen LogP contribution in [0.4, 0.5) is 0 Å². The minimum atomic E-state index is 0.639. The number of hydrogen-bond donors (Lipinski definition) is 0. The van der Waals surface area contributed by atoms with E-state index in [1.807, 2.05) is 0 Å². The summed E-state index contributed by atoms with van der Waals surface area (Å²) in [5.41, 5.74) is 5.66. The summed E-state index contributed by atoms with van der Waals surface area (Å²) in [7, 11) is 0. The molecule has 0 atom stereocenters. The van der Waals surface area contributed by atoms with E-state index < -0.39 is 0 Å². The smallest absolute Gasteiger partial charge is 0.00410 e.